The Bertz CT molecular complexity index is 461. The summed E-state index contributed by atoms with van der Waals surface area (Å²) in [6, 6.07) is 3.62. The maximum atomic E-state index is 11.2. The maximum absolute atomic E-state index is 11.2. The molecule has 2 atom stereocenters. The van der Waals surface area contributed by atoms with E-state index in [4.69, 9.17) is 11.5 Å². The molecule has 5 nitrogen and oxygen atoms in total. The Morgan fingerprint density at radius 1 is 1.42 bits per heavy atom. The molecule has 0 radical (unpaired) electrons. The van der Waals surface area contributed by atoms with Gasteiger partial charge in [0.15, 0.2) is 0 Å². The Balaban J connectivity index is 2.17. The van der Waals surface area contributed by atoms with E-state index in [-0.39, 0.29) is 5.69 Å². The number of primary amides is 1. The highest BCUT2D eigenvalue weighted by atomic mass is 16.1. The molecule has 1 amide bonds. The van der Waals surface area contributed by atoms with Gasteiger partial charge in [0.25, 0.3) is 5.91 Å². The van der Waals surface area contributed by atoms with E-state index in [1.54, 1.807) is 12.1 Å². The standard InChI is InChI=1S/C14H22N4O/c1-2-9-5-3-4-6-11(9)17-14-10(15)7-8-12(18-14)13(16)19/h7-9,11H,2-6,15H2,1H3,(H2,16,19)(H,17,18). The molecule has 5 N–H and O–H groups in total. The number of hydrogen-bond acceptors (Lipinski definition) is 4. The van der Waals surface area contributed by atoms with Crippen LogP contribution in [0.1, 0.15) is 49.5 Å². The topological polar surface area (TPSA) is 94.0 Å². The molecule has 0 aliphatic heterocycles. The molecule has 1 aromatic heterocycles. The summed E-state index contributed by atoms with van der Waals surface area (Å²) in [5.41, 5.74) is 12.0. The van der Waals surface area contributed by atoms with Crippen LogP contribution in [-0.4, -0.2) is 16.9 Å². The molecule has 0 bridgehead atoms. The first kappa shape index (κ1) is 13.6. The van der Waals surface area contributed by atoms with E-state index in [2.05, 4.69) is 17.2 Å². The van der Waals surface area contributed by atoms with Crippen molar-refractivity contribution in [1.82, 2.24) is 4.98 Å². The maximum Gasteiger partial charge on any atom is 0.267 e. The molecule has 1 aromatic rings. The average Bonchev–Trinajstić information content (AvgIpc) is 2.41. The summed E-state index contributed by atoms with van der Waals surface area (Å²) in [6.07, 6.45) is 6.03. The van der Waals surface area contributed by atoms with E-state index >= 15 is 0 Å². The van der Waals surface area contributed by atoms with Gasteiger partial charge in [-0.15, -0.1) is 0 Å². The van der Waals surface area contributed by atoms with Crippen LogP contribution in [0.25, 0.3) is 0 Å². The second kappa shape index (κ2) is 5.91. The smallest absolute Gasteiger partial charge is 0.267 e. The summed E-state index contributed by atoms with van der Waals surface area (Å²) < 4.78 is 0. The van der Waals surface area contributed by atoms with Gasteiger partial charge in [-0.2, -0.15) is 0 Å². The first-order valence-corrected chi connectivity index (χ1v) is 6.94. The van der Waals surface area contributed by atoms with Gasteiger partial charge in [0.1, 0.15) is 11.5 Å². The molecule has 1 fully saturated rings. The highest BCUT2D eigenvalue weighted by molar-refractivity contribution is 5.91. The zero-order valence-corrected chi connectivity index (χ0v) is 11.4. The highest BCUT2D eigenvalue weighted by Gasteiger charge is 2.24. The van der Waals surface area contributed by atoms with Crippen molar-refractivity contribution >= 4 is 17.4 Å². The van der Waals surface area contributed by atoms with Crippen LogP contribution in [0.2, 0.25) is 0 Å². The lowest BCUT2D eigenvalue weighted by Gasteiger charge is -2.32. The molecule has 1 aliphatic rings. The van der Waals surface area contributed by atoms with Gasteiger partial charge in [-0.05, 0) is 30.9 Å². The Labute approximate surface area is 113 Å². The number of rotatable bonds is 4. The summed E-state index contributed by atoms with van der Waals surface area (Å²) in [6.45, 7) is 2.21. The summed E-state index contributed by atoms with van der Waals surface area (Å²) in [4.78, 5) is 15.4. The Hall–Kier alpha value is -1.78. The third-order valence-electron chi connectivity index (χ3n) is 3.93. The van der Waals surface area contributed by atoms with E-state index in [9.17, 15) is 4.79 Å². The molecule has 19 heavy (non-hydrogen) atoms. The first-order chi connectivity index (χ1) is 9.11. The summed E-state index contributed by atoms with van der Waals surface area (Å²) in [5, 5.41) is 3.40. The zero-order chi connectivity index (χ0) is 13.8. The van der Waals surface area contributed by atoms with Crippen molar-refractivity contribution in [3.05, 3.63) is 17.8 Å². The van der Waals surface area contributed by atoms with Crippen LogP contribution >= 0.6 is 0 Å². The van der Waals surface area contributed by atoms with Gasteiger partial charge in [-0.25, -0.2) is 4.98 Å². The molecule has 5 heteroatoms. The second-order valence-corrected chi connectivity index (χ2v) is 5.20. The molecule has 2 unspecified atom stereocenters. The fraction of sp³-hybridized carbons (Fsp3) is 0.571. The number of aromatic nitrogens is 1. The lowest BCUT2D eigenvalue weighted by Crippen LogP contribution is -2.32. The largest absolute Gasteiger partial charge is 0.396 e. The number of carbonyl (C=O) groups excluding carboxylic acids is 1. The van der Waals surface area contributed by atoms with E-state index < -0.39 is 5.91 Å². The van der Waals surface area contributed by atoms with Crippen molar-refractivity contribution in [3.8, 4) is 0 Å². The minimum atomic E-state index is -0.529. The Kier molecular flexibility index (Phi) is 4.24. The molecule has 1 heterocycles. The average molecular weight is 262 g/mol. The van der Waals surface area contributed by atoms with Crippen molar-refractivity contribution in [3.63, 3.8) is 0 Å². The predicted octanol–water partition coefficient (Wildman–Crippen LogP) is 2.14. The number of pyridine rings is 1. The zero-order valence-electron chi connectivity index (χ0n) is 11.4. The second-order valence-electron chi connectivity index (χ2n) is 5.20. The minimum absolute atomic E-state index is 0.251. The minimum Gasteiger partial charge on any atom is -0.396 e. The predicted molar refractivity (Wildman–Crippen MR) is 76.8 cm³/mol. The van der Waals surface area contributed by atoms with Crippen LogP contribution < -0.4 is 16.8 Å². The first-order valence-electron chi connectivity index (χ1n) is 6.94. The quantitative estimate of drug-likeness (QED) is 0.775. The van der Waals surface area contributed by atoms with Crippen molar-refractivity contribution in [1.29, 1.82) is 0 Å². The van der Waals surface area contributed by atoms with Gasteiger partial charge in [0.2, 0.25) is 0 Å². The Morgan fingerprint density at radius 3 is 2.84 bits per heavy atom. The number of nitrogens with zero attached hydrogens (tertiary/aromatic N) is 1. The normalized spacial score (nSPS) is 23.0. The van der Waals surface area contributed by atoms with Crippen LogP contribution in [-0.2, 0) is 0 Å². The number of nitrogens with one attached hydrogen (secondary N) is 1. The molecule has 0 aromatic carbocycles. The molecular formula is C14H22N4O. The number of carbonyl (C=O) groups is 1. The fourth-order valence-electron chi connectivity index (χ4n) is 2.78. The van der Waals surface area contributed by atoms with E-state index in [1.165, 1.54) is 19.3 Å². The number of amides is 1. The van der Waals surface area contributed by atoms with Gasteiger partial charge in [0, 0.05) is 6.04 Å². The lowest BCUT2D eigenvalue weighted by molar-refractivity contribution is 0.0995. The van der Waals surface area contributed by atoms with E-state index in [1.807, 2.05) is 0 Å². The van der Waals surface area contributed by atoms with Crippen LogP contribution in [0, 0.1) is 5.92 Å². The van der Waals surface area contributed by atoms with Gasteiger partial charge in [0.05, 0.1) is 5.69 Å². The van der Waals surface area contributed by atoms with Crippen molar-refractivity contribution in [2.75, 3.05) is 11.1 Å². The van der Waals surface area contributed by atoms with E-state index in [0.717, 1.165) is 12.8 Å². The molecule has 0 spiro atoms. The number of nitrogens with two attached hydrogens (primary N) is 2. The summed E-state index contributed by atoms with van der Waals surface area (Å²) in [5.74, 6) is 0.701. The monoisotopic (exact) mass is 262 g/mol. The summed E-state index contributed by atoms with van der Waals surface area (Å²) >= 11 is 0. The molecule has 104 valence electrons. The number of nitrogen functional groups attached to an aromatic ring is 1. The third-order valence-corrected chi connectivity index (χ3v) is 3.93. The van der Waals surface area contributed by atoms with Crippen molar-refractivity contribution < 1.29 is 4.79 Å². The fourth-order valence-corrected chi connectivity index (χ4v) is 2.78. The molecule has 0 saturated heterocycles. The third kappa shape index (κ3) is 3.16. The van der Waals surface area contributed by atoms with Crippen LogP contribution in [0.15, 0.2) is 12.1 Å². The van der Waals surface area contributed by atoms with E-state index in [0.29, 0.717) is 23.5 Å². The number of anilines is 2. The Morgan fingerprint density at radius 2 is 2.16 bits per heavy atom. The van der Waals surface area contributed by atoms with Gasteiger partial charge < -0.3 is 16.8 Å². The van der Waals surface area contributed by atoms with Crippen molar-refractivity contribution in [2.45, 2.75) is 45.1 Å². The van der Waals surface area contributed by atoms with Crippen LogP contribution in [0.4, 0.5) is 11.5 Å². The van der Waals surface area contributed by atoms with Crippen LogP contribution in [0.5, 0.6) is 0 Å². The number of hydrogen-bond donors (Lipinski definition) is 3. The molecule has 1 aliphatic carbocycles. The SMILES string of the molecule is CCC1CCCCC1Nc1nc(C(N)=O)ccc1N. The molecule has 1 saturated carbocycles. The summed E-state index contributed by atoms with van der Waals surface area (Å²) in [7, 11) is 0. The van der Waals surface area contributed by atoms with Crippen molar-refractivity contribution in [2.24, 2.45) is 11.7 Å². The highest BCUT2D eigenvalue weighted by Crippen LogP contribution is 2.30. The van der Waals surface area contributed by atoms with Gasteiger partial charge >= 0.3 is 0 Å². The molecule has 2 rings (SSSR count). The van der Waals surface area contributed by atoms with Crippen LogP contribution in [0.3, 0.4) is 0 Å². The molecular weight excluding hydrogens is 240 g/mol. The van der Waals surface area contributed by atoms with Gasteiger partial charge in [-0.1, -0.05) is 26.2 Å². The van der Waals surface area contributed by atoms with Gasteiger partial charge in [-0.3, -0.25) is 4.79 Å². The lowest BCUT2D eigenvalue weighted by atomic mass is 9.83.